The molecule has 0 unspecified atom stereocenters. The van der Waals surface area contributed by atoms with Crippen LogP contribution < -0.4 is 5.46 Å². The van der Waals surface area contributed by atoms with Crippen LogP contribution >= 0.6 is 0 Å². The van der Waals surface area contributed by atoms with Crippen LogP contribution in [-0.4, -0.2) is 27.1 Å². The highest BCUT2D eigenvalue weighted by atomic mass is 19.4. The minimum atomic E-state index is -4.65. The maximum Gasteiger partial charge on any atom is 0.488 e. The zero-order chi connectivity index (χ0) is 16.8. The van der Waals surface area contributed by atoms with E-state index in [2.05, 4.69) is 9.97 Å². The Hall–Kier alpha value is -2.39. The van der Waals surface area contributed by atoms with Gasteiger partial charge in [0.05, 0.1) is 16.6 Å². The average molecular weight is 324 g/mol. The van der Waals surface area contributed by atoms with E-state index in [0.717, 1.165) is 30.3 Å². The zero-order valence-electron chi connectivity index (χ0n) is 11.4. The van der Waals surface area contributed by atoms with Gasteiger partial charge in [0, 0.05) is 11.6 Å². The van der Waals surface area contributed by atoms with Crippen LogP contribution in [0.2, 0.25) is 0 Å². The lowest BCUT2D eigenvalue weighted by Gasteiger charge is -2.12. The van der Waals surface area contributed by atoms with E-state index in [-0.39, 0.29) is 22.4 Å². The Morgan fingerprint density at radius 3 is 2.43 bits per heavy atom. The van der Waals surface area contributed by atoms with E-state index in [1.807, 2.05) is 0 Å². The van der Waals surface area contributed by atoms with E-state index in [1.165, 1.54) is 6.07 Å². The average Bonchev–Trinajstić information content (AvgIpc) is 2.88. The van der Waals surface area contributed by atoms with Crippen molar-refractivity contribution < 1.29 is 27.6 Å². The third kappa shape index (κ3) is 2.93. The van der Waals surface area contributed by atoms with Gasteiger partial charge in [-0.25, -0.2) is 9.37 Å². The van der Waals surface area contributed by atoms with Crippen LogP contribution in [0.15, 0.2) is 36.4 Å². The Balaban J connectivity index is 2.24. The highest BCUT2D eigenvalue weighted by Gasteiger charge is 2.35. The minimum Gasteiger partial charge on any atom is -0.423 e. The number of halogens is 4. The van der Waals surface area contributed by atoms with Crippen molar-refractivity contribution in [3.63, 3.8) is 0 Å². The predicted octanol–water partition coefficient (Wildman–Crippen LogP) is 2.07. The van der Waals surface area contributed by atoms with E-state index < -0.39 is 24.7 Å². The summed E-state index contributed by atoms with van der Waals surface area (Å²) >= 11 is 0. The molecular formula is C14H9BF4N2O2. The van der Waals surface area contributed by atoms with Gasteiger partial charge in [-0.1, -0.05) is 12.1 Å². The number of aromatic nitrogens is 2. The lowest BCUT2D eigenvalue weighted by atomic mass is 9.78. The van der Waals surface area contributed by atoms with Gasteiger partial charge in [-0.05, 0) is 23.7 Å². The number of hydrogen-bond acceptors (Lipinski definition) is 3. The Bertz CT molecular complexity index is 877. The number of hydrogen-bond donors (Lipinski definition) is 3. The third-order valence-corrected chi connectivity index (χ3v) is 3.35. The second kappa shape index (κ2) is 5.36. The molecule has 0 spiro atoms. The van der Waals surface area contributed by atoms with Crippen molar-refractivity contribution >= 4 is 23.6 Å². The summed E-state index contributed by atoms with van der Waals surface area (Å²) in [6.07, 6.45) is -4.65. The molecule has 0 aliphatic carbocycles. The molecule has 23 heavy (non-hydrogen) atoms. The minimum absolute atomic E-state index is 0.111. The smallest absolute Gasteiger partial charge is 0.423 e. The molecule has 118 valence electrons. The molecule has 0 saturated carbocycles. The first-order chi connectivity index (χ1) is 10.8. The summed E-state index contributed by atoms with van der Waals surface area (Å²) in [5.41, 5.74) is -0.909. The Morgan fingerprint density at radius 1 is 1.04 bits per heavy atom. The van der Waals surface area contributed by atoms with Crippen LogP contribution in [0.25, 0.3) is 22.4 Å². The molecule has 0 saturated heterocycles. The van der Waals surface area contributed by atoms with Gasteiger partial charge < -0.3 is 15.0 Å². The van der Waals surface area contributed by atoms with Crippen molar-refractivity contribution in [3.8, 4) is 11.4 Å². The molecule has 0 radical (unpaired) electrons. The summed E-state index contributed by atoms with van der Waals surface area (Å²) in [5.74, 6) is -0.702. The van der Waals surface area contributed by atoms with Crippen LogP contribution in [0, 0.1) is 5.82 Å². The number of nitrogens with one attached hydrogen (secondary N) is 1. The number of nitrogens with zero attached hydrogens (tertiary/aromatic N) is 1. The van der Waals surface area contributed by atoms with E-state index >= 15 is 0 Å². The van der Waals surface area contributed by atoms with Gasteiger partial charge in [-0.3, -0.25) is 0 Å². The summed E-state index contributed by atoms with van der Waals surface area (Å²) < 4.78 is 52.7. The van der Waals surface area contributed by atoms with Gasteiger partial charge in [-0.2, -0.15) is 13.2 Å². The molecule has 0 amide bonds. The number of fused-ring (bicyclic) bond motifs is 1. The lowest BCUT2D eigenvalue weighted by Crippen LogP contribution is -2.30. The van der Waals surface area contributed by atoms with Gasteiger partial charge in [-0.15, -0.1) is 0 Å². The van der Waals surface area contributed by atoms with Crippen LogP contribution in [0.3, 0.4) is 0 Å². The fraction of sp³-hybridized carbons (Fsp3) is 0.0714. The predicted molar refractivity (Wildman–Crippen MR) is 76.3 cm³/mol. The summed E-state index contributed by atoms with van der Waals surface area (Å²) in [7, 11) is -1.92. The van der Waals surface area contributed by atoms with Crippen molar-refractivity contribution in [2.45, 2.75) is 6.18 Å². The lowest BCUT2D eigenvalue weighted by molar-refractivity contribution is -0.137. The largest absolute Gasteiger partial charge is 0.488 e. The van der Waals surface area contributed by atoms with Crippen LogP contribution in [0.4, 0.5) is 17.6 Å². The maximum absolute atomic E-state index is 13.2. The molecule has 3 aromatic rings. The van der Waals surface area contributed by atoms with E-state index in [4.69, 9.17) is 10.0 Å². The molecule has 0 fully saturated rings. The molecule has 3 N–H and O–H groups in total. The van der Waals surface area contributed by atoms with Crippen LogP contribution in [0.1, 0.15) is 5.56 Å². The summed E-state index contributed by atoms with van der Waals surface area (Å²) in [6.45, 7) is 0. The normalized spacial score (nSPS) is 11.9. The van der Waals surface area contributed by atoms with Crippen molar-refractivity contribution in [1.29, 1.82) is 0 Å². The van der Waals surface area contributed by atoms with Crippen LogP contribution in [0.5, 0.6) is 0 Å². The quantitative estimate of drug-likeness (QED) is 0.499. The van der Waals surface area contributed by atoms with Crippen molar-refractivity contribution in [2.24, 2.45) is 0 Å². The zero-order valence-corrected chi connectivity index (χ0v) is 11.4. The van der Waals surface area contributed by atoms with Gasteiger partial charge in [0.2, 0.25) is 0 Å². The standard InChI is InChI=1S/C14H9BF4N2O2/c16-8-2-4-11-12(6-8)21-13(20-11)9-5-7(15(22)23)1-3-10(9)14(17,18)19/h1-6,22-23H,(H,20,21). The molecule has 2 aromatic carbocycles. The van der Waals surface area contributed by atoms with Crippen LogP contribution in [-0.2, 0) is 6.18 Å². The topological polar surface area (TPSA) is 69.1 Å². The second-order valence-corrected chi connectivity index (χ2v) is 4.92. The number of alkyl halides is 3. The Morgan fingerprint density at radius 2 is 1.78 bits per heavy atom. The third-order valence-electron chi connectivity index (χ3n) is 3.35. The van der Waals surface area contributed by atoms with E-state index in [0.29, 0.717) is 5.52 Å². The molecule has 0 bridgehead atoms. The van der Waals surface area contributed by atoms with Gasteiger partial charge in [0.25, 0.3) is 0 Å². The second-order valence-electron chi connectivity index (χ2n) is 4.92. The summed E-state index contributed by atoms with van der Waals surface area (Å²) in [5, 5.41) is 18.3. The molecule has 0 aliphatic rings. The van der Waals surface area contributed by atoms with Crippen molar-refractivity contribution in [2.75, 3.05) is 0 Å². The van der Waals surface area contributed by atoms with E-state index in [1.54, 1.807) is 0 Å². The van der Waals surface area contributed by atoms with Crippen molar-refractivity contribution in [1.82, 2.24) is 9.97 Å². The molecule has 1 heterocycles. The number of aromatic amines is 1. The Kier molecular flexibility index (Phi) is 3.61. The monoisotopic (exact) mass is 324 g/mol. The van der Waals surface area contributed by atoms with Gasteiger partial charge in [0.15, 0.2) is 0 Å². The highest BCUT2D eigenvalue weighted by Crippen LogP contribution is 2.36. The Labute approximate surface area is 127 Å². The number of H-pyrrole nitrogens is 1. The maximum atomic E-state index is 13.2. The number of rotatable bonds is 2. The first-order valence-corrected chi connectivity index (χ1v) is 6.48. The number of imidazole rings is 1. The first kappa shape index (κ1) is 15.5. The fourth-order valence-corrected chi connectivity index (χ4v) is 2.27. The summed E-state index contributed by atoms with van der Waals surface area (Å²) in [4.78, 5) is 6.64. The van der Waals surface area contributed by atoms with Gasteiger partial charge in [0.1, 0.15) is 11.6 Å². The first-order valence-electron chi connectivity index (χ1n) is 6.48. The SMILES string of the molecule is OB(O)c1ccc(C(F)(F)F)c(-c2nc3cc(F)ccc3[nH]2)c1. The highest BCUT2D eigenvalue weighted by molar-refractivity contribution is 6.58. The molecule has 0 atom stereocenters. The molecule has 3 rings (SSSR count). The molecule has 1 aromatic heterocycles. The molecule has 9 heteroatoms. The van der Waals surface area contributed by atoms with Crippen molar-refractivity contribution in [3.05, 3.63) is 47.8 Å². The summed E-state index contributed by atoms with van der Waals surface area (Å²) in [6, 6.07) is 6.31. The van der Waals surface area contributed by atoms with Gasteiger partial charge >= 0.3 is 13.3 Å². The van der Waals surface area contributed by atoms with E-state index in [9.17, 15) is 17.6 Å². The number of benzene rings is 2. The molecular weight excluding hydrogens is 315 g/mol. The molecule has 4 nitrogen and oxygen atoms in total. The molecule has 0 aliphatic heterocycles. The fourth-order valence-electron chi connectivity index (χ4n) is 2.27.